The Bertz CT molecular complexity index is 1010. The standard InChI is InChI=1S/C21H21N5/c1-15(17-12-22-26(13-17)19-9-10-19)23-18-7-5-16(6-8-18)20-14-25-11-3-2-4-21(25)24-20/h2-8,11-15,19,23H,9-10H2,1H3. The number of aromatic nitrogens is 4. The fourth-order valence-corrected chi connectivity index (χ4v) is 3.26. The fourth-order valence-electron chi connectivity index (χ4n) is 3.26. The summed E-state index contributed by atoms with van der Waals surface area (Å²) in [5, 5.41) is 8.04. The fraction of sp³-hybridized carbons (Fsp3) is 0.238. The molecule has 0 radical (unpaired) electrons. The van der Waals surface area contributed by atoms with E-state index in [9.17, 15) is 0 Å². The second-order valence-electron chi connectivity index (χ2n) is 7.02. The average Bonchev–Trinajstić information content (AvgIpc) is 3.23. The van der Waals surface area contributed by atoms with Gasteiger partial charge in [0.05, 0.1) is 24.0 Å². The van der Waals surface area contributed by atoms with Crippen molar-refractivity contribution in [2.75, 3.05) is 5.32 Å². The van der Waals surface area contributed by atoms with Crippen molar-refractivity contribution in [1.29, 1.82) is 0 Å². The summed E-state index contributed by atoms with van der Waals surface area (Å²) in [6.07, 6.45) is 10.7. The number of nitrogens with zero attached hydrogens (tertiary/aromatic N) is 4. The Morgan fingerprint density at radius 2 is 1.92 bits per heavy atom. The van der Waals surface area contributed by atoms with Gasteiger partial charge in [0.15, 0.2) is 0 Å². The van der Waals surface area contributed by atoms with Crippen LogP contribution in [-0.4, -0.2) is 19.2 Å². The van der Waals surface area contributed by atoms with Crippen molar-refractivity contribution in [3.63, 3.8) is 0 Å². The average molecular weight is 343 g/mol. The van der Waals surface area contributed by atoms with Crippen LogP contribution in [0.5, 0.6) is 0 Å². The van der Waals surface area contributed by atoms with Crippen molar-refractivity contribution >= 4 is 11.3 Å². The van der Waals surface area contributed by atoms with Gasteiger partial charge in [0.2, 0.25) is 0 Å². The largest absolute Gasteiger partial charge is 0.378 e. The highest BCUT2D eigenvalue weighted by Gasteiger charge is 2.24. The number of anilines is 1. The van der Waals surface area contributed by atoms with E-state index >= 15 is 0 Å². The molecule has 0 spiro atoms. The molecule has 0 bridgehead atoms. The van der Waals surface area contributed by atoms with Crippen LogP contribution in [0.1, 0.15) is 37.4 Å². The third-order valence-corrected chi connectivity index (χ3v) is 4.97. The maximum Gasteiger partial charge on any atom is 0.137 e. The SMILES string of the molecule is CC(Nc1ccc(-c2cn3ccccc3n2)cc1)c1cnn(C2CC2)c1. The van der Waals surface area contributed by atoms with E-state index in [1.165, 1.54) is 18.4 Å². The van der Waals surface area contributed by atoms with Crippen LogP contribution in [0.15, 0.2) is 67.3 Å². The van der Waals surface area contributed by atoms with Crippen molar-refractivity contribution in [2.45, 2.75) is 31.8 Å². The Balaban J connectivity index is 1.32. The van der Waals surface area contributed by atoms with Crippen molar-refractivity contribution in [2.24, 2.45) is 0 Å². The van der Waals surface area contributed by atoms with Gasteiger partial charge >= 0.3 is 0 Å². The molecule has 130 valence electrons. The minimum Gasteiger partial charge on any atom is -0.378 e. The molecule has 1 fully saturated rings. The Kier molecular flexibility index (Phi) is 3.52. The van der Waals surface area contributed by atoms with Gasteiger partial charge in [0.1, 0.15) is 5.65 Å². The molecule has 1 unspecified atom stereocenters. The number of pyridine rings is 1. The minimum atomic E-state index is 0.226. The van der Waals surface area contributed by atoms with Crippen molar-refractivity contribution in [3.8, 4) is 11.3 Å². The third kappa shape index (κ3) is 2.86. The second kappa shape index (κ2) is 6.02. The van der Waals surface area contributed by atoms with E-state index in [1.807, 2.05) is 35.0 Å². The lowest BCUT2D eigenvalue weighted by Gasteiger charge is -2.14. The first-order valence-corrected chi connectivity index (χ1v) is 9.11. The third-order valence-electron chi connectivity index (χ3n) is 4.97. The molecule has 26 heavy (non-hydrogen) atoms. The van der Waals surface area contributed by atoms with Crippen molar-refractivity contribution in [1.82, 2.24) is 19.2 Å². The van der Waals surface area contributed by atoms with Crippen molar-refractivity contribution in [3.05, 3.63) is 72.8 Å². The molecule has 1 N–H and O–H groups in total. The summed E-state index contributed by atoms with van der Waals surface area (Å²) >= 11 is 0. The Hall–Kier alpha value is -3.08. The molecule has 1 atom stereocenters. The van der Waals surface area contributed by atoms with Gasteiger partial charge in [-0.1, -0.05) is 18.2 Å². The van der Waals surface area contributed by atoms with Crippen LogP contribution in [0.2, 0.25) is 0 Å². The first-order chi connectivity index (χ1) is 12.8. The monoisotopic (exact) mass is 343 g/mol. The zero-order valence-electron chi connectivity index (χ0n) is 14.7. The van der Waals surface area contributed by atoms with E-state index in [0.29, 0.717) is 6.04 Å². The van der Waals surface area contributed by atoms with Gasteiger partial charge in [-0.25, -0.2) is 4.98 Å². The summed E-state index contributed by atoms with van der Waals surface area (Å²) in [6.45, 7) is 2.17. The maximum atomic E-state index is 4.68. The molecule has 1 aliphatic rings. The van der Waals surface area contributed by atoms with Gasteiger partial charge in [-0.3, -0.25) is 4.68 Å². The highest BCUT2D eigenvalue weighted by Crippen LogP contribution is 2.34. The molecule has 3 aromatic heterocycles. The number of rotatable bonds is 5. The topological polar surface area (TPSA) is 47.1 Å². The van der Waals surface area contributed by atoms with E-state index < -0.39 is 0 Å². The molecule has 5 rings (SSSR count). The number of benzene rings is 1. The normalized spacial score (nSPS) is 15.3. The van der Waals surface area contributed by atoms with Gasteiger partial charge in [-0.05, 0) is 44.0 Å². The van der Waals surface area contributed by atoms with Gasteiger partial charge in [-0.2, -0.15) is 5.10 Å². The summed E-state index contributed by atoms with van der Waals surface area (Å²) in [7, 11) is 0. The van der Waals surface area contributed by atoms with Crippen LogP contribution in [0.3, 0.4) is 0 Å². The highest BCUT2D eigenvalue weighted by molar-refractivity contribution is 5.65. The van der Waals surface area contributed by atoms with Gasteiger partial charge in [0.25, 0.3) is 0 Å². The van der Waals surface area contributed by atoms with Crippen LogP contribution >= 0.6 is 0 Å². The molecular weight excluding hydrogens is 322 g/mol. The lowest BCUT2D eigenvalue weighted by molar-refractivity contribution is 0.640. The van der Waals surface area contributed by atoms with E-state index in [2.05, 4.69) is 63.7 Å². The van der Waals surface area contributed by atoms with Crippen LogP contribution in [-0.2, 0) is 0 Å². The molecule has 1 aliphatic carbocycles. The summed E-state index contributed by atoms with van der Waals surface area (Å²) in [6, 6.07) is 15.3. The van der Waals surface area contributed by atoms with E-state index in [1.54, 1.807) is 0 Å². The van der Waals surface area contributed by atoms with Crippen LogP contribution in [0.4, 0.5) is 5.69 Å². The summed E-state index contributed by atoms with van der Waals surface area (Å²) in [5.41, 5.74) is 5.39. The van der Waals surface area contributed by atoms with E-state index in [0.717, 1.165) is 22.6 Å². The molecule has 1 saturated carbocycles. The zero-order chi connectivity index (χ0) is 17.5. The Morgan fingerprint density at radius 3 is 2.69 bits per heavy atom. The highest BCUT2D eigenvalue weighted by atomic mass is 15.3. The molecule has 0 aliphatic heterocycles. The van der Waals surface area contributed by atoms with Gasteiger partial charge < -0.3 is 9.72 Å². The molecule has 4 aromatic rings. The van der Waals surface area contributed by atoms with Crippen LogP contribution in [0.25, 0.3) is 16.9 Å². The van der Waals surface area contributed by atoms with Crippen LogP contribution in [0, 0.1) is 0 Å². The Morgan fingerprint density at radius 1 is 1.08 bits per heavy atom. The molecule has 0 amide bonds. The molecule has 3 heterocycles. The summed E-state index contributed by atoms with van der Waals surface area (Å²) in [5.74, 6) is 0. The second-order valence-corrected chi connectivity index (χ2v) is 7.02. The lowest BCUT2D eigenvalue weighted by atomic mass is 10.1. The lowest BCUT2D eigenvalue weighted by Crippen LogP contribution is -2.05. The molecule has 5 heteroatoms. The number of nitrogens with one attached hydrogen (secondary N) is 1. The summed E-state index contributed by atoms with van der Waals surface area (Å²) in [4.78, 5) is 4.68. The van der Waals surface area contributed by atoms with E-state index in [4.69, 9.17) is 0 Å². The molecule has 5 nitrogen and oxygen atoms in total. The first kappa shape index (κ1) is 15.2. The summed E-state index contributed by atoms with van der Waals surface area (Å²) < 4.78 is 4.14. The smallest absolute Gasteiger partial charge is 0.137 e. The molecule has 1 aromatic carbocycles. The molecule has 0 saturated heterocycles. The van der Waals surface area contributed by atoms with E-state index in [-0.39, 0.29) is 6.04 Å². The number of hydrogen-bond donors (Lipinski definition) is 1. The van der Waals surface area contributed by atoms with Gasteiger partial charge in [0, 0.05) is 35.4 Å². The number of imidazole rings is 1. The predicted octanol–water partition coefficient (Wildman–Crippen LogP) is 4.71. The quantitative estimate of drug-likeness (QED) is 0.571. The minimum absolute atomic E-state index is 0.226. The van der Waals surface area contributed by atoms with Crippen LogP contribution < -0.4 is 5.32 Å². The van der Waals surface area contributed by atoms with Gasteiger partial charge in [-0.15, -0.1) is 0 Å². The number of fused-ring (bicyclic) bond motifs is 1. The van der Waals surface area contributed by atoms with Crippen molar-refractivity contribution < 1.29 is 0 Å². The first-order valence-electron chi connectivity index (χ1n) is 9.11. The predicted molar refractivity (Wildman–Crippen MR) is 103 cm³/mol. The number of hydrogen-bond acceptors (Lipinski definition) is 3. The maximum absolute atomic E-state index is 4.68. The Labute approximate surface area is 152 Å². The molecular formula is C21H21N5. The zero-order valence-corrected chi connectivity index (χ0v) is 14.7.